The van der Waals surface area contributed by atoms with E-state index in [4.69, 9.17) is 5.73 Å². The summed E-state index contributed by atoms with van der Waals surface area (Å²) in [5.74, 6) is 0.343. The van der Waals surface area contributed by atoms with Crippen LogP contribution in [0.3, 0.4) is 0 Å². The van der Waals surface area contributed by atoms with Gasteiger partial charge in [-0.3, -0.25) is 9.59 Å². The Morgan fingerprint density at radius 3 is 2.33 bits per heavy atom. The van der Waals surface area contributed by atoms with Gasteiger partial charge in [-0.05, 0) is 25.7 Å². The van der Waals surface area contributed by atoms with Crippen LogP contribution in [0.5, 0.6) is 0 Å². The number of nitrogens with two attached hydrogens (primary N) is 1. The molecule has 120 valence electrons. The Balaban J connectivity index is 1.73. The normalized spacial score (nSPS) is 22.6. The highest BCUT2D eigenvalue weighted by Crippen LogP contribution is 2.30. The van der Waals surface area contributed by atoms with E-state index in [1.54, 1.807) is 0 Å². The summed E-state index contributed by atoms with van der Waals surface area (Å²) >= 11 is 0. The molecule has 0 bridgehead atoms. The molecule has 2 fully saturated rings. The van der Waals surface area contributed by atoms with E-state index in [-0.39, 0.29) is 29.3 Å². The van der Waals surface area contributed by atoms with Crippen LogP contribution in [0.15, 0.2) is 0 Å². The van der Waals surface area contributed by atoms with Crippen molar-refractivity contribution in [1.29, 1.82) is 0 Å². The van der Waals surface area contributed by atoms with E-state index in [0.29, 0.717) is 6.42 Å². The molecule has 2 aliphatic rings. The fraction of sp³-hybridized carbons (Fsp3) is 0.875. The van der Waals surface area contributed by atoms with Crippen molar-refractivity contribution >= 4 is 11.8 Å². The Morgan fingerprint density at radius 1 is 1.24 bits per heavy atom. The molecule has 0 atom stereocenters. The summed E-state index contributed by atoms with van der Waals surface area (Å²) in [5, 5.41) is 3.10. The summed E-state index contributed by atoms with van der Waals surface area (Å²) < 4.78 is 0. The van der Waals surface area contributed by atoms with Gasteiger partial charge < -0.3 is 16.0 Å². The van der Waals surface area contributed by atoms with Gasteiger partial charge in [0.2, 0.25) is 11.8 Å². The standard InChI is InChI=1S/C16H29N3O2/c1-12(2)15(21)19-9-5-13(6-10-19)18-14(20)11-16(17)7-3-4-8-16/h12-13H,3-11,17H2,1-2H3,(H,18,20). The second-order valence-corrected chi connectivity index (χ2v) is 7.07. The molecule has 2 rings (SSSR count). The number of rotatable bonds is 4. The van der Waals surface area contributed by atoms with Crippen LogP contribution in [0.4, 0.5) is 0 Å². The number of nitrogens with zero attached hydrogens (tertiary/aromatic N) is 1. The minimum atomic E-state index is -0.279. The molecule has 3 N–H and O–H groups in total. The van der Waals surface area contributed by atoms with E-state index in [9.17, 15) is 9.59 Å². The fourth-order valence-corrected chi connectivity index (χ4v) is 3.46. The lowest BCUT2D eigenvalue weighted by Crippen LogP contribution is -2.49. The first-order valence-electron chi connectivity index (χ1n) is 8.27. The molecule has 1 heterocycles. The molecule has 0 spiro atoms. The lowest BCUT2D eigenvalue weighted by atomic mass is 9.94. The molecule has 0 aromatic rings. The van der Waals surface area contributed by atoms with E-state index in [1.807, 2.05) is 18.7 Å². The summed E-state index contributed by atoms with van der Waals surface area (Å²) in [6.45, 7) is 5.35. The van der Waals surface area contributed by atoms with Crippen molar-refractivity contribution in [2.24, 2.45) is 11.7 Å². The van der Waals surface area contributed by atoms with Crippen LogP contribution in [0.1, 0.15) is 58.8 Å². The number of piperidine rings is 1. The third-order valence-electron chi connectivity index (χ3n) is 4.78. The number of carbonyl (C=O) groups is 2. The van der Waals surface area contributed by atoms with Gasteiger partial charge in [0, 0.05) is 37.0 Å². The third kappa shape index (κ3) is 4.43. The van der Waals surface area contributed by atoms with Crippen molar-refractivity contribution in [3.05, 3.63) is 0 Å². The smallest absolute Gasteiger partial charge is 0.225 e. The molecule has 1 saturated carbocycles. The number of hydrogen-bond acceptors (Lipinski definition) is 3. The zero-order chi connectivity index (χ0) is 15.5. The zero-order valence-electron chi connectivity index (χ0n) is 13.4. The summed E-state index contributed by atoms with van der Waals surface area (Å²) in [4.78, 5) is 26.0. The average Bonchev–Trinajstić information content (AvgIpc) is 2.84. The molecule has 0 unspecified atom stereocenters. The topological polar surface area (TPSA) is 75.4 Å². The zero-order valence-corrected chi connectivity index (χ0v) is 13.4. The highest BCUT2D eigenvalue weighted by atomic mass is 16.2. The van der Waals surface area contributed by atoms with E-state index in [0.717, 1.165) is 51.6 Å². The van der Waals surface area contributed by atoms with Crippen molar-refractivity contribution in [3.63, 3.8) is 0 Å². The van der Waals surface area contributed by atoms with Gasteiger partial charge in [0.05, 0.1) is 0 Å². The first-order chi connectivity index (χ1) is 9.89. The van der Waals surface area contributed by atoms with Gasteiger partial charge in [-0.2, -0.15) is 0 Å². The van der Waals surface area contributed by atoms with Gasteiger partial charge in [0.25, 0.3) is 0 Å². The summed E-state index contributed by atoms with van der Waals surface area (Å²) in [6, 6.07) is 0.193. The molecular formula is C16H29N3O2. The first-order valence-corrected chi connectivity index (χ1v) is 8.27. The van der Waals surface area contributed by atoms with Gasteiger partial charge in [0.15, 0.2) is 0 Å². The van der Waals surface area contributed by atoms with Crippen LogP contribution in [-0.4, -0.2) is 41.4 Å². The van der Waals surface area contributed by atoms with Crippen LogP contribution < -0.4 is 11.1 Å². The van der Waals surface area contributed by atoms with Crippen molar-refractivity contribution in [1.82, 2.24) is 10.2 Å². The van der Waals surface area contributed by atoms with Gasteiger partial charge >= 0.3 is 0 Å². The van der Waals surface area contributed by atoms with Crippen LogP contribution >= 0.6 is 0 Å². The molecule has 1 aliphatic heterocycles. The molecule has 1 aliphatic carbocycles. The molecular weight excluding hydrogens is 266 g/mol. The molecule has 21 heavy (non-hydrogen) atoms. The average molecular weight is 295 g/mol. The fourth-order valence-electron chi connectivity index (χ4n) is 3.46. The summed E-state index contributed by atoms with van der Waals surface area (Å²) in [7, 11) is 0. The minimum Gasteiger partial charge on any atom is -0.353 e. The second-order valence-electron chi connectivity index (χ2n) is 7.07. The Kier molecular flexibility index (Phi) is 5.25. The number of carbonyl (C=O) groups excluding carboxylic acids is 2. The Labute approximate surface area is 127 Å². The van der Waals surface area contributed by atoms with Crippen LogP contribution in [-0.2, 0) is 9.59 Å². The predicted molar refractivity (Wildman–Crippen MR) is 82.6 cm³/mol. The highest BCUT2D eigenvalue weighted by Gasteiger charge is 2.33. The quantitative estimate of drug-likeness (QED) is 0.823. The Morgan fingerprint density at radius 2 is 1.81 bits per heavy atom. The maximum Gasteiger partial charge on any atom is 0.225 e. The molecule has 0 aromatic carbocycles. The lowest BCUT2D eigenvalue weighted by molar-refractivity contribution is -0.135. The Bertz CT molecular complexity index is 381. The number of hydrogen-bond donors (Lipinski definition) is 2. The largest absolute Gasteiger partial charge is 0.353 e. The number of likely N-dealkylation sites (tertiary alicyclic amines) is 1. The van der Waals surface area contributed by atoms with Gasteiger partial charge in [-0.1, -0.05) is 26.7 Å². The van der Waals surface area contributed by atoms with E-state index < -0.39 is 0 Å². The minimum absolute atomic E-state index is 0.0515. The van der Waals surface area contributed by atoms with Gasteiger partial charge in [0.1, 0.15) is 0 Å². The van der Waals surface area contributed by atoms with E-state index in [1.165, 1.54) is 0 Å². The molecule has 5 heteroatoms. The first kappa shape index (κ1) is 16.3. The SMILES string of the molecule is CC(C)C(=O)N1CCC(NC(=O)CC2(N)CCCC2)CC1. The Hall–Kier alpha value is -1.10. The second kappa shape index (κ2) is 6.77. The molecule has 0 radical (unpaired) electrons. The van der Waals surface area contributed by atoms with Crippen LogP contribution in [0, 0.1) is 5.92 Å². The van der Waals surface area contributed by atoms with Gasteiger partial charge in [-0.15, -0.1) is 0 Å². The van der Waals surface area contributed by atoms with Crippen LogP contribution in [0.2, 0.25) is 0 Å². The summed E-state index contributed by atoms with van der Waals surface area (Å²) in [6.07, 6.45) is 6.34. The van der Waals surface area contributed by atoms with Crippen molar-refractivity contribution in [2.75, 3.05) is 13.1 Å². The van der Waals surface area contributed by atoms with Crippen LogP contribution in [0.25, 0.3) is 0 Å². The monoisotopic (exact) mass is 295 g/mol. The maximum absolute atomic E-state index is 12.1. The van der Waals surface area contributed by atoms with E-state index in [2.05, 4.69) is 5.32 Å². The molecule has 5 nitrogen and oxygen atoms in total. The molecule has 0 aromatic heterocycles. The molecule has 2 amide bonds. The highest BCUT2D eigenvalue weighted by molar-refractivity contribution is 5.79. The third-order valence-corrected chi connectivity index (χ3v) is 4.78. The predicted octanol–water partition coefficient (Wildman–Crippen LogP) is 1.41. The van der Waals surface area contributed by atoms with Crippen molar-refractivity contribution in [2.45, 2.75) is 70.4 Å². The maximum atomic E-state index is 12.1. The lowest BCUT2D eigenvalue weighted by Gasteiger charge is -2.34. The van der Waals surface area contributed by atoms with E-state index >= 15 is 0 Å². The van der Waals surface area contributed by atoms with Crippen molar-refractivity contribution < 1.29 is 9.59 Å². The summed E-state index contributed by atoms with van der Waals surface area (Å²) in [5.41, 5.74) is 5.97. The van der Waals surface area contributed by atoms with Gasteiger partial charge in [-0.25, -0.2) is 0 Å². The molecule has 1 saturated heterocycles. The number of nitrogens with one attached hydrogen (secondary N) is 1. The van der Waals surface area contributed by atoms with Crippen molar-refractivity contribution in [3.8, 4) is 0 Å². The number of amides is 2.